The Morgan fingerprint density at radius 3 is 2.54 bits per heavy atom. The quantitative estimate of drug-likeness (QED) is 0.720. The highest BCUT2D eigenvalue weighted by Crippen LogP contribution is 2.40. The zero-order valence-electron chi connectivity index (χ0n) is 18.3. The minimum atomic E-state index is -0.496. The van der Waals surface area contributed by atoms with E-state index in [4.69, 9.17) is 4.74 Å². The predicted molar refractivity (Wildman–Crippen MR) is 110 cm³/mol. The number of ether oxygens (including phenoxy) is 1. The van der Waals surface area contributed by atoms with E-state index in [2.05, 4.69) is 42.4 Å². The Balaban J connectivity index is 1.67. The number of hydrogen-bond donors (Lipinski definition) is 0. The van der Waals surface area contributed by atoms with Gasteiger partial charge in [-0.3, -0.25) is 14.5 Å². The van der Waals surface area contributed by atoms with Crippen molar-refractivity contribution in [3.05, 3.63) is 0 Å². The normalized spacial score (nSPS) is 27.7. The first-order chi connectivity index (χ1) is 13.2. The van der Waals surface area contributed by atoms with E-state index in [0.717, 1.165) is 65.0 Å². The molecule has 6 heteroatoms. The lowest BCUT2D eigenvalue weighted by molar-refractivity contribution is -0.152. The molecule has 2 amide bonds. The summed E-state index contributed by atoms with van der Waals surface area (Å²) in [4.78, 5) is 32.3. The lowest BCUT2D eigenvalue weighted by Gasteiger charge is -2.50. The van der Waals surface area contributed by atoms with Crippen LogP contribution in [-0.4, -0.2) is 84.5 Å². The van der Waals surface area contributed by atoms with Crippen LogP contribution < -0.4 is 0 Å². The molecule has 0 unspecified atom stereocenters. The first-order valence-corrected chi connectivity index (χ1v) is 11.1. The molecule has 0 saturated carbocycles. The molecule has 0 N–H and O–H groups in total. The largest absolute Gasteiger partial charge is 0.379 e. The number of piperidine rings is 2. The second kappa shape index (κ2) is 8.70. The molecule has 1 spiro atoms. The van der Waals surface area contributed by atoms with Crippen molar-refractivity contribution in [2.24, 2.45) is 11.3 Å². The summed E-state index contributed by atoms with van der Waals surface area (Å²) in [5, 5.41) is 0. The van der Waals surface area contributed by atoms with Crippen molar-refractivity contribution in [3.63, 3.8) is 0 Å². The van der Waals surface area contributed by atoms with Gasteiger partial charge in [-0.2, -0.15) is 0 Å². The van der Waals surface area contributed by atoms with Gasteiger partial charge in [-0.1, -0.05) is 13.8 Å². The molecule has 3 aliphatic heterocycles. The molecule has 3 heterocycles. The van der Waals surface area contributed by atoms with E-state index in [1.165, 1.54) is 0 Å². The third-order valence-corrected chi connectivity index (χ3v) is 7.00. The van der Waals surface area contributed by atoms with Crippen LogP contribution in [0.5, 0.6) is 0 Å². The Labute approximate surface area is 170 Å². The van der Waals surface area contributed by atoms with Crippen LogP contribution in [0.15, 0.2) is 0 Å². The van der Waals surface area contributed by atoms with Crippen LogP contribution in [0.3, 0.4) is 0 Å². The highest BCUT2D eigenvalue weighted by Gasteiger charge is 2.46. The Bertz CT molecular complexity index is 571. The summed E-state index contributed by atoms with van der Waals surface area (Å²) < 4.78 is 5.47. The third-order valence-electron chi connectivity index (χ3n) is 7.00. The fourth-order valence-corrected chi connectivity index (χ4v) is 5.08. The summed E-state index contributed by atoms with van der Waals surface area (Å²) in [6.45, 7) is 14.9. The van der Waals surface area contributed by atoms with Gasteiger partial charge in [0.15, 0.2) is 0 Å². The van der Waals surface area contributed by atoms with Gasteiger partial charge in [0, 0.05) is 51.1 Å². The summed E-state index contributed by atoms with van der Waals surface area (Å²) in [5.41, 5.74) is -0.413. The van der Waals surface area contributed by atoms with Crippen LogP contribution in [0, 0.1) is 11.3 Å². The first kappa shape index (κ1) is 21.6. The van der Waals surface area contributed by atoms with Crippen molar-refractivity contribution in [1.29, 1.82) is 0 Å². The van der Waals surface area contributed by atoms with Gasteiger partial charge in [-0.25, -0.2) is 0 Å². The number of nitrogens with zero attached hydrogens (tertiary/aromatic N) is 3. The van der Waals surface area contributed by atoms with Gasteiger partial charge in [0.25, 0.3) is 0 Å². The molecule has 160 valence electrons. The maximum Gasteiger partial charge on any atom is 0.242 e. The van der Waals surface area contributed by atoms with E-state index in [9.17, 15) is 9.59 Å². The average Bonchev–Trinajstić information content (AvgIpc) is 2.69. The topological polar surface area (TPSA) is 53.1 Å². The molecule has 3 rings (SSSR count). The predicted octanol–water partition coefficient (Wildman–Crippen LogP) is 2.37. The molecule has 3 fully saturated rings. The van der Waals surface area contributed by atoms with Gasteiger partial charge in [0.05, 0.1) is 18.8 Å². The monoisotopic (exact) mass is 393 g/mol. The van der Waals surface area contributed by atoms with Gasteiger partial charge in [0.1, 0.15) is 0 Å². The number of carbonyl (C=O) groups excluding carboxylic acids is 2. The van der Waals surface area contributed by atoms with Gasteiger partial charge in [-0.15, -0.1) is 0 Å². The van der Waals surface area contributed by atoms with Crippen LogP contribution in [0.1, 0.15) is 59.8 Å². The molecule has 0 bridgehead atoms. The van der Waals surface area contributed by atoms with E-state index in [1.54, 1.807) is 0 Å². The Morgan fingerprint density at radius 1 is 1.14 bits per heavy atom. The summed E-state index contributed by atoms with van der Waals surface area (Å²) in [6.07, 6.45) is 4.77. The molecule has 3 aliphatic rings. The lowest BCUT2D eigenvalue weighted by atomic mass is 9.73. The molecule has 0 aromatic rings. The van der Waals surface area contributed by atoms with Crippen LogP contribution >= 0.6 is 0 Å². The molecule has 1 atom stereocenters. The van der Waals surface area contributed by atoms with Crippen molar-refractivity contribution < 1.29 is 14.3 Å². The Kier molecular flexibility index (Phi) is 6.70. The minimum Gasteiger partial charge on any atom is -0.379 e. The van der Waals surface area contributed by atoms with Crippen LogP contribution in [0.2, 0.25) is 0 Å². The molecular weight excluding hydrogens is 354 g/mol. The second-order valence-electron chi connectivity index (χ2n) is 9.99. The second-order valence-corrected chi connectivity index (χ2v) is 9.99. The molecule has 0 aliphatic carbocycles. The van der Waals surface area contributed by atoms with Gasteiger partial charge < -0.3 is 14.5 Å². The number of hydrogen-bond acceptors (Lipinski definition) is 4. The standard InChI is InChI=1S/C22H39N3O3/c1-18(2)7-11-23-16-22(9-6-19(23)26)8-5-10-24(17-22)20(27)21(3,4)25-12-14-28-15-13-25/h18H,5-17H2,1-4H3/t22-/m1/s1. The minimum absolute atomic E-state index is 0.0832. The van der Waals surface area contributed by atoms with Crippen LogP contribution in [-0.2, 0) is 14.3 Å². The van der Waals surface area contributed by atoms with Gasteiger partial charge in [0.2, 0.25) is 11.8 Å². The SMILES string of the molecule is CC(C)CCN1C[C@@]2(CCCN(C(=O)C(C)(C)N3CCOCC3)C2)CCC1=O. The van der Waals surface area contributed by atoms with Gasteiger partial charge >= 0.3 is 0 Å². The molecule has 6 nitrogen and oxygen atoms in total. The van der Waals surface area contributed by atoms with E-state index >= 15 is 0 Å². The van der Waals surface area contributed by atoms with Crippen molar-refractivity contribution in [2.45, 2.75) is 65.3 Å². The number of likely N-dealkylation sites (tertiary alicyclic amines) is 2. The fraction of sp³-hybridized carbons (Fsp3) is 0.909. The summed E-state index contributed by atoms with van der Waals surface area (Å²) in [7, 11) is 0. The molecule has 3 saturated heterocycles. The van der Waals surface area contributed by atoms with Crippen molar-refractivity contribution in [3.8, 4) is 0 Å². The van der Waals surface area contributed by atoms with Crippen LogP contribution in [0.4, 0.5) is 0 Å². The zero-order valence-corrected chi connectivity index (χ0v) is 18.3. The van der Waals surface area contributed by atoms with Crippen molar-refractivity contribution >= 4 is 11.8 Å². The van der Waals surface area contributed by atoms with E-state index in [-0.39, 0.29) is 11.3 Å². The van der Waals surface area contributed by atoms with Gasteiger partial charge in [-0.05, 0) is 45.4 Å². The van der Waals surface area contributed by atoms with Crippen molar-refractivity contribution in [1.82, 2.24) is 14.7 Å². The summed E-state index contributed by atoms with van der Waals surface area (Å²) >= 11 is 0. The molecule has 0 aromatic carbocycles. The van der Waals surface area contributed by atoms with E-state index < -0.39 is 5.54 Å². The lowest BCUT2D eigenvalue weighted by Crippen LogP contribution is -2.62. The van der Waals surface area contributed by atoms with E-state index in [0.29, 0.717) is 31.5 Å². The van der Waals surface area contributed by atoms with Crippen LogP contribution in [0.25, 0.3) is 0 Å². The molecule has 0 radical (unpaired) electrons. The smallest absolute Gasteiger partial charge is 0.242 e. The summed E-state index contributed by atoms with van der Waals surface area (Å²) in [6, 6.07) is 0. The average molecular weight is 394 g/mol. The Morgan fingerprint density at radius 2 is 1.86 bits per heavy atom. The highest BCUT2D eigenvalue weighted by atomic mass is 16.5. The number of carbonyl (C=O) groups is 2. The maximum absolute atomic E-state index is 13.5. The highest BCUT2D eigenvalue weighted by molar-refractivity contribution is 5.85. The molecule has 0 aromatic heterocycles. The number of amides is 2. The third kappa shape index (κ3) is 4.70. The van der Waals surface area contributed by atoms with E-state index in [1.807, 2.05) is 0 Å². The zero-order chi connectivity index (χ0) is 20.4. The molecular formula is C22H39N3O3. The Hall–Kier alpha value is -1.14. The fourth-order valence-electron chi connectivity index (χ4n) is 5.08. The summed E-state index contributed by atoms with van der Waals surface area (Å²) in [5.74, 6) is 1.13. The molecule has 28 heavy (non-hydrogen) atoms. The maximum atomic E-state index is 13.5. The number of morpholine rings is 1. The first-order valence-electron chi connectivity index (χ1n) is 11.1. The van der Waals surface area contributed by atoms with Crippen molar-refractivity contribution in [2.75, 3.05) is 52.5 Å². The number of rotatable bonds is 5.